The van der Waals surface area contributed by atoms with Crippen LogP contribution in [-0.4, -0.2) is 38.7 Å². The molecular formula is C13H17FN2O2. The maximum atomic E-state index is 13.8. The Hall–Kier alpha value is -1.62. The Balaban J connectivity index is 2.12. The third-order valence-corrected chi connectivity index (χ3v) is 3.49. The summed E-state index contributed by atoms with van der Waals surface area (Å²) < 4.78 is 13.8. The summed E-state index contributed by atoms with van der Waals surface area (Å²) in [5.41, 5.74) is 0.365. The smallest absolute Gasteiger partial charge is 0.147 e. The standard InChI is InChI=1S/C13H17FN2O2/c1-2-15-5-7-16(8-6-15)12-4-3-10(13(17)18)9-11(12)14/h3-4,9H,2,5-8H2,1H3,(H,17,18). The molecule has 1 heterocycles. The number of hydrogen-bond acceptors (Lipinski definition) is 3. The van der Waals surface area contributed by atoms with Gasteiger partial charge in [-0.15, -0.1) is 0 Å². The molecular weight excluding hydrogens is 235 g/mol. The Kier molecular flexibility index (Phi) is 3.81. The number of carbonyl (C=O) groups excluding carboxylic acids is 1. The lowest BCUT2D eigenvalue weighted by Gasteiger charge is -2.33. The van der Waals surface area contributed by atoms with Crippen LogP contribution in [0.5, 0.6) is 0 Å². The lowest BCUT2D eigenvalue weighted by molar-refractivity contribution is -0.898. The van der Waals surface area contributed by atoms with E-state index >= 15 is 0 Å². The van der Waals surface area contributed by atoms with Gasteiger partial charge in [0.25, 0.3) is 0 Å². The van der Waals surface area contributed by atoms with Crippen molar-refractivity contribution in [2.24, 2.45) is 0 Å². The summed E-state index contributed by atoms with van der Waals surface area (Å²) in [5, 5.41) is 10.6. The molecule has 0 spiro atoms. The average molecular weight is 252 g/mol. The van der Waals surface area contributed by atoms with Crippen molar-refractivity contribution in [2.75, 3.05) is 37.6 Å². The van der Waals surface area contributed by atoms with Crippen molar-refractivity contribution in [3.05, 3.63) is 29.6 Å². The second-order valence-corrected chi connectivity index (χ2v) is 4.54. The zero-order chi connectivity index (χ0) is 13.1. The van der Waals surface area contributed by atoms with Gasteiger partial charge in [0.05, 0.1) is 44.4 Å². The number of carboxylic acids is 1. The zero-order valence-corrected chi connectivity index (χ0v) is 10.4. The number of hydrogen-bond donors (Lipinski definition) is 1. The number of carbonyl (C=O) groups is 1. The number of halogens is 1. The third-order valence-electron chi connectivity index (χ3n) is 3.49. The van der Waals surface area contributed by atoms with Crippen LogP contribution in [0.3, 0.4) is 0 Å². The van der Waals surface area contributed by atoms with Crippen molar-refractivity contribution in [1.29, 1.82) is 0 Å². The number of nitrogens with one attached hydrogen (secondary N) is 1. The number of likely N-dealkylation sites (N-methyl/N-ethyl adjacent to an activating group) is 1. The highest BCUT2D eigenvalue weighted by atomic mass is 19.1. The van der Waals surface area contributed by atoms with E-state index in [0.717, 1.165) is 38.8 Å². The molecule has 0 atom stereocenters. The van der Waals surface area contributed by atoms with Crippen LogP contribution in [0.25, 0.3) is 0 Å². The van der Waals surface area contributed by atoms with Gasteiger partial charge in [0, 0.05) is 5.56 Å². The number of benzene rings is 1. The summed E-state index contributed by atoms with van der Waals surface area (Å²) in [5.74, 6) is -1.84. The van der Waals surface area contributed by atoms with E-state index in [1.165, 1.54) is 17.0 Å². The van der Waals surface area contributed by atoms with Gasteiger partial charge in [-0.1, -0.05) is 6.07 Å². The molecule has 0 saturated carbocycles. The predicted molar refractivity (Wildman–Crippen MR) is 64.2 cm³/mol. The maximum absolute atomic E-state index is 13.8. The van der Waals surface area contributed by atoms with Crippen LogP contribution >= 0.6 is 0 Å². The van der Waals surface area contributed by atoms with E-state index in [1.54, 1.807) is 0 Å². The summed E-state index contributed by atoms with van der Waals surface area (Å²) in [6, 6.07) is 3.95. The Morgan fingerprint density at radius 3 is 2.61 bits per heavy atom. The highest BCUT2D eigenvalue weighted by Gasteiger charge is 2.20. The van der Waals surface area contributed by atoms with Crippen molar-refractivity contribution in [3.63, 3.8) is 0 Å². The fourth-order valence-electron chi connectivity index (χ4n) is 2.31. The molecule has 4 nitrogen and oxygen atoms in total. The highest BCUT2D eigenvalue weighted by molar-refractivity contribution is 5.86. The van der Waals surface area contributed by atoms with Crippen LogP contribution in [0.4, 0.5) is 10.1 Å². The van der Waals surface area contributed by atoms with E-state index in [1.807, 2.05) is 4.90 Å². The van der Waals surface area contributed by atoms with Crippen LogP contribution in [0, 0.1) is 5.82 Å². The highest BCUT2D eigenvalue weighted by Crippen LogP contribution is 2.20. The van der Waals surface area contributed by atoms with Gasteiger partial charge in [-0.3, -0.25) is 0 Å². The normalized spacial score (nSPS) is 16.9. The first-order chi connectivity index (χ1) is 8.61. The van der Waals surface area contributed by atoms with E-state index in [9.17, 15) is 14.3 Å². The second-order valence-electron chi connectivity index (χ2n) is 4.54. The van der Waals surface area contributed by atoms with Gasteiger partial charge >= 0.3 is 0 Å². The monoisotopic (exact) mass is 252 g/mol. The SMILES string of the molecule is CC[NH+]1CCN(c2ccc(C(=O)[O-])cc2F)CC1. The fourth-order valence-corrected chi connectivity index (χ4v) is 2.31. The van der Waals surface area contributed by atoms with E-state index in [0.29, 0.717) is 5.69 Å². The van der Waals surface area contributed by atoms with Gasteiger partial charge in [-0.2, -0.15) is 0 Å². The first-order valence-electron chi connectivity index (χ1n) is 6.21. The number of quaternary nitrogens is 1. The Labute approximate surface area is 106 Å². The molecule has 0 unspecified atom stereocenters. The molecule has 0 bridgehead atoms. The molecule has 18 heavy (non-hydrogen) atoms. The molecule has 5 heteroatoms. The molecule has 1 fully saturated rings. The van der Waals surface area contributed by atoms with Gasteiger partial charge in [0.15, 0.2) is 0 Å². The van der Waals surface area contributed by atoms with Crippen molar-refractivity contribution >= 4 is 11.7 Å². The third kappa shape index (κ3) is 2.61. The Morgan fingerprint density at radius 2 is 2.11 bits per heavy atom. The number of rotatable bonds is 3. The van der Waals surface area contributed by atoms with E-state index in [2.05, 4.69) is 6.92 Å². The number of aromatic carboxylic acids is 1. The predicted octanol–water partition coefficient (Wildman–Crippen LogP) is -1.09. The van der Waals surface area contributed by atoms with Gasteiger partial charge in [0.1, 0.15) is 5.82 Å². The molecule has 0 aliphatic carbocycles. The maximum Gasteiger partial charge on any atom is 0.147 e. The average Bonchev–Trinajstić information content (AvgIpc) is 2.38. The van der Waals surface area contributed by atoms with Crippen LogP contribution in [0.15, 0.2) is 18.2 Å². The lowest BCUT2D eigenvalue weighted by Crippen LogP contribution is -3.14. The van der Waals surface area contributed by atoms with E-state index < -0.39 is 11.8 Å². The second kappa shape index (κ2) is 5.35. The Morgan fingerprint density at radius 1 is 1.44 bits per heavy atom. The van der Waals surface area contributed by atoms with Crippen LogP contribution < -0.4 is 14.9 Å². The molecule has 1 N–H and O–H groups in total. The van der Waals surface area contributed by atoms with Crippen molar-refractivity contribution in [3.8, 4) is 0 Å². The Bertz CT molecular complexity index is 443. The van der Waals surface area contributed by atoms with Crippen molar-refractivity contribution in [1.82, 2.24) is 0 Å². The van der Waals surface area contributed by atoms with E-state index in [4.69, 9.17) is 0 Å². The molecule has 1 aromatic carbocycles. The number of carboxylic acid groups (broad SMARTS) is 1. The molecule has 1 aliphatic rings. The van der Waals surface area contributed by atoms with Gasteiger partial charge in [0.2, 0.25) is 0 Å². The molecule has 0 radical (unpaired) electrons. The summed E-state index contributed by atoms with van der Waals surface area (Å²) >= 11 is 0. The number of anilines is 1. The molecule has 0 aromatic heterocycles. The van der Waals surface area contributed by atoms with Gasteiger partial charge in [-0.05, 0) is 19.1 Å². The summed E-state index contributed by atoms with van der Waals surface area (Å²) in [4.78, 5) is 14.1. The molecule has 1 aliphatic heterocycles. The van der Waals surface area contributed by atoms with Crippen LogP contribution in [0.1, 0.15) is 17.3 Å². The fraction of sp³-hybridized carbons (Fsp3) is 0.462. The number of nitrogens with zero attached hydrogens (tertiary/aromatic N) is 1. The van der Waals surface area contributed by atoms with Crippen LogP contribution in [-0.2, 0) is 0 Å². The van der Waals surface area contributed by atoms with Gasteiger partial charge in [-0.25, -0.2) is 4.39 Å². The van der Waals surface area contributed by atoms with Crippen LogP contribution in [0.2, 0.25) is 0 Å². The summed E-state index contributed by atoms with van der Waals surface area (Å²) in [6.45, 7) is 6.78. The first kappa shape index (κ1) is 12.8. The zero-order valence-electron chi connectivity index (χ0n) is 10.4. The summed E-state index contributed by atoms with van der Waals surface area (Å²) in [7, 11) is 0. The van der Waals surface area contributed by atoms with E-state index in [-0.39, 0.29) is 5.56 Å². The topological polar surface area (TPSA) is 47.8 Å². The molecule has 98 valence electrons. The molecule has 1 saturated heterocycles. The lowest BCUT2D eigenvalue weighted by atomic mass is 10.1. The van der Waals surface area contributed by atoms with Gasteiger partial charge < -0.3 is 19.7 Å². The largest absolute Gasteiger partial charge is 0.545 e. The quantitative estimate of drug-likeness (QED) is 0.744. The minimum atomic E-state index is -1.35. The minimum Gasteiger partial charge on any atom is -0.545 e. The molecule has 0 amide bonds. The van der Waals surface area contributed by atoms with Crippen molar-refractivity contribution in [2.45, 2.75) is 6.92 Å². The first-order valence-corrected chi connectivity index (χ1v) is 6.21. The number of piperazine rings is 1. The molecule has 1 aromatic rings. The minimum absolute atomic E-state index is 0.117. The molecule has 2 rings (SSSR count). The summed E-state index contributed by atoms with van der Waals surface area (Å²) in [6.07, 6.45) is 0. The van der Waals surface area contributed by atoms with Crippen molar-refractivity contribution < 1.29 is 19.2 Å².